The second-order valence-corrected chi connectivity index (χ2v) is 9.80. The average Bonchev–Trinajstić information content (AvgIpc) is 2.80. The fraction of sp³-hybridized carbons (Fsp3) is 0.440. The van der Waals surface area contributed by atoms with Crippen molar-refractivity contribution in [3.63, 3.8) is 0 Å². The van der Waals surface area contributed by atoms with Crippen LogP contribution in [0.1, 0.15) is 38.3 Å². The van der Waals surface area contributed by atoms with Gasteiger partial charge in [-0.05, 0) is 43.4 Å². The molecule has 0 unspecified atom stereocenters. The Morgan fingerprint density at radius 3 is 2.18 bits per heavy atom. The number of rotatable bonds is 12. The van der Waals surface area contributed by atoms with Crippen LogP contribution in [0.5, 0.6) is 0 Å². The number of hydrogen-bond donors (Lipinski definition) is 1. The summed E-state index contributed by atoms with van der Waals surface area (Å²) in [6, 6.07) is 16.2. The van der Waals surface area contributed by atoms with Gasteiger partial charge in [-0.15, -0.1) is 0 Å². The van der Waals surface area contributed by atoms with E-state index in [0.29, 0.717) is 38.0 Å². The van der Waals surface area contributed by atoms with Gasteiger partial charge in [-0.25, -0.2) is 8.42 Å². The van der Waals surface area contributed by atoms with E-state index in [-0.39, 0.29) is 12.5 Å². The zero-order valence-electron chi connectivity index (χ0n) is 20.0. The quantitative estimate of drug-likeness (QED) is 0.513. The summed E-state index contributed by atoms with van der Waals surface area (Å²) in [4.78, 5) is 27.8. The zero-order chi connectivity index (χ0) is 24.4. The molecule has 0 heterocycles. The van der Waals surface area contributed by atoms with Crippen molar-refractivity contribution in [1.82, 2.24) is 10.2 Å². The molecule has 1 atom stereocenters. The highest BCUT2D eigenvalue weighted by Gasteiger charge is 2.31. The second-order valence-electron chi connectivity index (χ2n) is 7.89. The topological polar surface area (TPSA) is 86.8 Å². The van der Waals surface area contributed by atoms with Crippen LogP contribution in [0, 0.1) is 0 Å². The smallest absolute Gasteiger partial charge is 0.244 e. The van der Waals surface area contributed by atoms with Crippen LogP contribution in [0.15, 0.2) is 54.6 Å². The van der Waals surface area contributed by atoms with Gasteiger partial charge < -0.3 is 10.2 Å². The number of hydrogen-bond acceptors (Lipinski definition) is 4. The number of aryl methyl sites for hydroxylation is 1. The van der Waals surface area contributed by atoms with Crippen molar-refractivity contribution in [2.24, 2.45) is 0 Å². The van der Waals surface area contributed by atoms with Crippen LogP contribution in [0.3, 0.4) is 0 Å². The van der Waals surface area contributed by atoms with E-state index in [1.165, 1.54) is 4.90 Å². The fourth-order valence-corrected chi connectivity index (χ4v) is 4.72. The molecule has 0 fully saturated rings. The maximum atomic E-state index is 13.5. The molecule has 33 heavy (non-hydrogen) atoms. The van der Waals surface area contributed by atoms with Crippen molar-refractivity contribution in [1.29, 1.82) is 0 Å². The van der Waals surface area contributed by atoms with Crippen LogP contribution in [0.2, 0.25) is 0 Å². The molecule has 0 saturated carbocycles. The summed E-state index contributed by atoms with van der Waals surface area (Å²) in [5, 5.41) is 2.80. The molecule has 2 aromatic carbocycles. The van der Waals surface area contributed by atoms with Gasteiger partial charge in [0, 0.05) is 13.1 Å². The number of anilines is 1. The first-order valence-electron chi connectivity index (χ1n) is 11.4. The molecular weight excluding hydrogens is 438 g/mol. The maximum Gasteiger partial charge on any atom is 0.244 e. The van der Waals surface area contributed by atoms with Gasteiger partial charge in [0.15, 0.2) is 0 Å². The largest absolute Gasteiger partial charge is 0.355 e. The molecule has 8 heteroatoms. The number of para-hydroxylation sites is 1. The van der Waals surface area contributed by atoms with E-state index in [1.807, 2.05) is 63.2 Å². The van der Waals surface area contributed by atoms with E-state index in [2.05, 4.69) is 5.32 Å². The van der Waals surface area contributed by atoms with Crippen molar-refractivity contribution < 1.29 is 18.0 Å². The normalized spacial score (nSPS) is 12.1. The first kappa shape index (κ1) is 26.4. The Labute approximate surface area is 197 Å². The lowest BCUT2D eigenvalue weighted by Crippen LogP contribution is -2.53. The Hall–Kier alpha value is -2.87. The van der Waals surface area contributed by atoms with Crippen LogP contribution in [0.25, 0.3) is 0 Å². The first-order chi connectivity index (χ1) is 15.7. The fourth-order valence-electron chi connectivity index (χ4n) is 3.84. The van der Waals surface area contributed by atoms with Gasteiger partial charge >= 0.3 is 0 Å². The van der Waals surface area contributed by atoms with Crippen LogP contribution in [-0.2, 0) is 32.5 Å². The Morgan fingerprint density at radius 2 is 1.61 bits per heavy atom. The maximum absolute atomic E-state index is 13.5. The van der Waals surface area contributed by atoms with Crippen LogP contribution in [0.4, 0.5) is 5.69 Å². The van der Waals surface area contributed by atoms with Crippen molar-refractivity contribution >= 4 is 27.5 Å². The zero-order valence-corrected chi connectivity index (χ0v) is 20.8. The Morgan fingerprint density at radius 1 is 0.970 bits per heavy atom. The summed E-state index contributed by atoms with van der Waals surface area (Å²) in [5.41, 5.74) is 2.37. The number of carbonyl (C=O) groups excluding carboxylic acids is 2. The van der Waals surface area contributed by atoms with Crippen molar-refractivity contribution in [3.8, 4) is 0 Å². The molecule has 180 valence electrons. The molecule has 0 aliphatic heterocycles. The Bertz CT molecular complexity index is 1020. The molecule has 2 amide bonds. The first-order valence-corrected chi connectivity index (χ1v) is 13.2. The summed E-state index contributed by atoms with van der Waals surface area (Å²) in [5.74, 6) is -0.637. The predicted octanol–water partition coefficient (Wildman–Crippen LogP) is 3.00. The molecular formula is C25H35N3O4S. The molecule has 2 aromatic rings. The summed E-state index contributed by atoms with van der Waals surface area (Å²) in [7, 11) is -3.72. The number of nitrogens with zero attached hydrogens (tertiary/aromatic N) is 2. The van der Waals surface area contributed by atoms with Gasteiger partial charge in [0.05, 0.1) is 11.9 Å². The average molecular weight is 474 g/mol. The highest BCUT2D eigenvalue weighted by molar-refractivity contribution is 7.92. The Kier molecular flexibility index (Phi) is 9.91. The number of likely N-dealkylation sites (N-methyl/N-ethyl adjacent to an activating group) is 1. The summed E-state index contributed by atoms with van der Waals surface area (Å²) < 4.78 is 26.5. The molecule has 0 aliphatic carbocycles. The number of amides is 2. The molecule has 1 N–H and O–H groups in total. The molecule has 0 bridgehead atoms. The predicted molar refractivity (Wildman–Crippen MR) is 133 cm³/mol. The number of carbonyl (C=O) groups is 2. The number of sulfonamides is 1. The standard InChI is InChI=1S/C25H35N3O4S/c1-5-21-15-11-12-16-23(21)28(33(4,31)32)19-24(29)27(22(6-2)25(30)26-7-3)18-17-20-13-9-8-10-14-20/h8-16,22H,5-7,17-19H2,1-4H3,(H,26,30)/t22-/m0/s1. The van der Waals surface area contributed by atoms with Crippen LogP contribution >= 0.6 is 0 Å². The third kappa shape index (κ3) is 7.32. The van der Waals surface area contributed by atoms with Gasteiger partial charge in [0.2, 0.25) is 21.8 Å². The minimum atomic E-state index is -3.72. The lowest BCUT2D eigenvalue weighted by Gasteiger charge is -2.33. The highest BCUT2D eigenvalue weighted by Crippen LogP contribution is 2.24. The van der Waals surface area contributed by atoms with E-state index >= 15 is 0 Å². The van der Waals surface area contributed by atoms with Gasteiger partial charge in [-0.3, -0.25) is 13.9 Å². The lowest BCUT2D eigenvalue weighted by atomic mass is 10.1. The van der Waals surface area contributed by atoms with Gasteiger partial charge in [0.25, 0.3) is 0 Å². The van der Waals surface area contributed by atoms with E-state index in [0.717, 1.165) is 21.7 Å². The third-order valence-electron chi connectivity index (χ3n) is 5.54. The van der Waals surface area contributed by atoms with E-state index in [9.17, 15) is 18.0 Å². The van der Waals surface area contributed by atoms with Crippen molar-refractivity contribution in [2.45, 2.75) is 46.1 Å². The summed E-state index contributed by atoms with van der Waals surface area (Å²) in [6.07, 6.45) is 2.72. The SMILES string of the molecule is CCNC(=O)[C@H](CC)N(CCc1ccccc1)C(=O)CN(c1ccccc1CC)S(C)(=O)=O. The molecule has 0 spiro atoms. The third-order valence-corrected chi connectivity index (χ3v) is 6.67. The monoisotopic (exact) mass is 473 g/mol. The highest BCUT2D eigenvalue weighted by atomic mass is 32.2. The van der Waals surface area contributed by atoms with E-state index in [1.54, 1.807) is 12.1 Å². The van der Waals surface area contributed by atoms with Crippen molar-refractivity contribution in [2.75, 3.05) is 30.2 Å². The number of nitrogens with one attached hydrogen (secondary N) is 1. The van der Waals surface area contributed by atoms with Crippen LogP contribution < -0.4 is 9.62 Å². The van der Waals surface area contributed by atoms with Gasteiger partial charge in [-0.1, -0.05) is 62.4 Å². The van der Waals surface area contributed by atoms with Gasteiger partial charge in [-0.2, -0.15) is 0 Å². The number of benzene rings is 2. The van der Waals surface area contributed by atoms with E-state index < -0.39 is 22.0 Å². The molecule has 0 aromatic heterocycles. The lowest BCUT2D eigenvalue weighted by molar-refractivity contribution is -0.139. The molecule has 0 saturated heterocycles. The molecule has 0 aliphatic rings. The van der Waals surface area contributed by atoms with Crippen LogP contribution in [-0.4, -0.2) is 57.1 Å². The molecule has 0 radical (unpaired) electrons. The molecule has 2 rings (SSSR count). The minimum Gasteiger partial charge on any atom is -0.355 e. The minimum absolute atomic E-state index is 0.235. The second kappa shape index (κ2) is 12.4. The van der Waals surface area contributed by atoms with E-state index in [4.69, 9.17) is 0 Å². The van der Waals surface area contributed by atoms with Gasteiger partial charge in [0.1, 0.15) is 12.6 Å². The Balaban J connectivity index is 2.38. The summed E-state index contributed by atoms with van der Waals surface area (Å²) >= 11 is 0. The summed E-state index contributed by atoms with van der Waals surface area (Å²) in [6.45, 7) is 6.02. The van der Waals surface area contributed by atoms with Crippen molar-refractivity contribution in [3.05, 3.63) is 65.7 Å². The molecule has 7 nitrogen and oxygen atoms in total.